The van der Waals surface area contributed by atoms with Gasteiger partial charge < -0.3 is 11.1 Å². The Hall–Kier alpha value is -1.42. The first kappa shape index (κ1) is 9.67. The Morgan fingerprint density at radius 3 is 2.69 bits per heavy atom. The molecule has 0 unspecified atom stereocenters. The molecule has 0 amide bonds. The Labute approximate surface area is 77.9 Å². The lowest BCUT2D eigenvalue weighted by atomic mass is 10.3. The lowest BCUT2D eigenvalue weighted by Gasteiger charge is -1.96. The van der Waals surface area contributed by atoms with E-state index in [4.69, 9.17) is 5.73 Å². The minimum absolute atomic E-state index is 0.635. The number of hydrogen-bond donors (Lipinski definition) is 2. The van der Waals surface area contributed by atoms with Gasteiger partial charge in [-0.1, -0.05) is 12.2 Å². The van der Waals surface area contributed by atoms with E-state index in [-0.39, 0.29) is 0 Å². The SMILES string of the molecule is CNc1ncc(C=CCCN)cn1. The van der Waals surface area contributed by atoms with E-state index in [2.05, 4.69) is 15.3 Å². The predicted molar refractivity (Wildman–Crippen MR) is 54.3 cm³/mol. The highest BCUT2D eigenvalue weighted by molar-refractivity contribution is 5.47. The van der Waals surface area contributed by atoms with Crippen LogP contribution in [0.15, 0.2) is 18.5 Å². The molecule has 0 bridgehead atoms. The number of aromatic nitrogens is 2. The molecular formula is C9H14N4. The van der Waals surface area contributed by atoms with Crippen LogP contribution in [0, 0.1) is 0 Å². The fourth-order valence-corrected chi connectivity index (χ4v) is 0.869. The van der Waals surface area contributed by atoms with Gasteiger partial charge in [0.05, 0.1) is 0 Å². The van der Waals surface area contributed by atoms with Crippen LogP contribution < -0.4 is 11.1 Å². The van der Waals surface area contributed by atoms with Gasteiger partial charge in [0.25, 0.3) is 0 Å². The van der Waals surface area contributed by atoms with E-state index in [1.165, 1.54) is 0 Å². The molecule has 0 saturated heterocycles. The van der Waals surface area contributed by atoms with Crippen LogP contribution in [0.1, 0.15) is 12.0 Å². The molecule has 0 aromatic carbocycles. The molecule has 1 aromatic heterocycles. The monoisotopic (exact) mass is 178 g/mol. The van der Waals surface area contributed by atoms with Gasteiger partial charge in [0.1, 0.15) is 0 Å². The highest BCUT2D eigenvalue weighted by atomic mass is 15.1. The molecule has 13 heavy (non-hydrogen) atoms. The summed E-state index contributed by atoms with van der Waals surface area (Å²) in [5.74, 6) is 0.635. The van der Waals surface area contributed by atoms with Gasteiger partial charge in [0.15, 0.2) is 0 Å². The Morgan fingerprint density at radius 1 is 1.46 bits per heavy atom. The molecule has 0 radical (unpaired) electrons. The number of anilines is 1. The molecular weight excluding hydrogens is 164 g/mol. The lowest BCUT2D eigenvalue weighted by Crippen LogP contribution is -1.96. The number of nitrogens with zero attached hydrogens (tertiary/aromatic N) is 2. The van der Waals surface area contributed by atoms with Gasteiger partial charge in [0.2, 0.25) is 5.95 Å². The molecule has 70 valence electrons. The van der Waals surface area contributed by atoms with Gasteiger partial charge in [-0.05, 0) is 13.0 Å². The molecule has 0 aliphatic carbocycles. The largest absolute Gasteiger partial charge is 0.357 e. The predicted octanol–water partition coefficient (Wildman–Crippen LogP) is 0.880. The molecule has 1 rings (SSSR count). The number of nitrogens with one attached hydrogen (secondary N) is 1. The van der Waals surface area contributed by atoms with Gasteiger partial charge >= 0.3 is 0 Å². The minimum Gasteiger partial charge on any atom is -0.357 e. The maximum Gasteiger partial charge on any atom is 0.222 e. The third kappa shape index (κ3) is 3.21. The van der Waals surface area contributed by atoms with Crippen molar-refractivity contribution in [2.24, 2.45) is 5.73 Å². The van der Waals surface area contributed by atoms with Gasteiger partial charge in [-0.25, -0.2) is 9.97 Å². The van der Waals surface area contributed by atoms with Crippen LogP contribution in [-0.4, -0.2) is 23.6 Å². The highest BCUT2D eigenvalue weighted by Gasteiger charge is 1.90. The summed E-state index contributed by atoms with van der Waals surface area (Å²) in [5, 5.41) is 2.86. The van der Waals surface area contributed by atoms with Crippen molar-refractivity contribution in [1.82, 2.24) is 9.97 Å². The normalized spacial score (nSPS) is 10.6. The van der Waals surface area contributed by atoms with Crippen molar-refractivity contribution in [1.29, 1.82) is 0 Å². The quantitative estimate of drug-likeness (QED) is 0.718. The molecule has 0 spiro atoms. The zero-order valence-electron chi connectivity index (χ0n) is 7.70. The Morgan fingerprint density at radius 2 is 2.15 bits per heavy atom. The van der Waals surface area contributed by atoms with Crippen molar-refractivity contribution in [3.05, 3.63) is 24.0 Å². The van der Waals surface area contributed by atoms with Crippen molar-refractivity contribution in [3.8, 4) is 0 Å². The second kappa shape index (κ2) is 5.27. The molecule has 4 nitrogen and oxygen atoms in total. The van der Waals surface area contributed by atoms with Crippen molar-refractivity contribution in [3.63, 3.8) is 0 Å². The van der Waals surface area contributed by atoms with Crippen LogP contribution in [0.2, 0.25) is 0 Å². The van der Waals surface area contributed by atoms with E-state index in [1.54, 1.807) is 19.4 Å². The highest BCUT2D eigenvalue weighted by Crippen LogP contribution is 2.01. The van der Waals surface area contributed by atoms with Crippen molar-refractivity contribution in [2.45, 2.75) is 6.42 Å². The summed E-state index contributed by atoms with van der Waals surface area (Å²) in [5.41, 5.74) is 6.34. The summed E-state index contributed by atoms with van der Waals surface area (Å²) in [6.45, 7) is 0.673. The van der Waals surface area contributed by atoms with E-state index in [1.807, 2.05) is 12.2 Å². The standard InChI is InChI=1S/C9H14N4/c1-11-9-12-6-8(7-13-9)4-2-3-5-10/h2,4,6-7H,3,5,10H2,1H3,(H,11,12,13). The maximum absolute atomic E-state index is 5.35. The Kier molecular flexibility index (Phi) is 3.92. The summed E-state index contributed by atoms with van der Waals surface area (Å²) >= 11 is 0. The van der Waals surface area contributed by atoms with Gasteiger partial charge in [-0.2, -0.15) is 0 Å². The second-order valence-electron chi connectivity index (χ2n) is 2.57. The lowest BCUT2D eigenvalue weighted by molar-refractivity contribution is 1.01. The average molecular weight is 178 g/mol. The van der Waals surface area contributed by atoms with E-state index < -0.39 is 0 Å². The first-order chi connectivity index (χ1) is 6.36. The fraction of sp³-hybridized carbons (Fsp3) is 0.333. The summed E-state index contributed by atoms with van der Waals surface area (Å²) in [4.78, 5) is 8.14. The van der Waals surface area contributed by atoms with Gasteiger partial charge in [-0.15, -0.1) is 0 Å². The summed E-state index contributed by atoms with van der Waals surface area (Å²) < 4.78 is 0. The number of rotatable bonds is 4. The van der Waals surface area contributed by atoms with E-state index in [9.17, 15) is 0 Å². The van der Waals surface area contributed by atoms with E-state index in [0.29, 0.717) is 12.5 Å². The minimum atomic E-state index is 0.635. The number of hydrogen-bond acceptors (Lipinski definition) is 4. The third-order valence-electron chi connectivity index (χ3n) is 1.54. The van der Waals surface area contributed by atoms with Crippen molar-refractivity contribution >= 4 is 12.0 Å². The molecule has 0 fully saturated rings. The third-order valence-corrected chi connectivity index (χ3v) is 1.54. The molecule has 0 aliphatic rings. The van der Waals surface area contributed by atoms with Gasteiger partial charge in [0, 0.05) is 25.0 Å². The molecule has 0 saturated carbocycles. The van der Waals surface area contributed by atoms with Gasteiger partial charge in [-0.3, -0.25) is 0 Å². The van der Waals surface area contributed by atoms with Crippen LogP contribution in [0.5, 0.6) is 0 Å². The summed E-state index contributed by atoms with van der Waals surface area (Å²) in [7, 11) is 1.79. The summed E-state index contributed by atoms with van der Waals surface area (Å²) in [6, 6.07) is 0. The van der Waals surface area contributed by atoms with Crippen LogP contribution in [0.25, 0.3) is 6.08 Å². The second-order valence-corrected chi connectivity index (χ2v) is 2.57. The Balaban J connectivity index is 2.58. The molecule has 1 heterocycles. The first-order valence-corrected chi connectivity index (χ1v) is 4.23. The zero-order chi connectivity index (χ0) is 9.52. The van der Waals surface area contributed by atoms with Crippen LogP contribution in [0.4, 0.5) is 5.95 Å². The average Bonchev–Trinajstić information content (AvgIpc) is 2.19. The van der Waals surface area contributed by atoms with E-state index >= 15 is 0 Å². The smallest absolute Gasteiger partial charge is 0.222 e. The van der Waals surface area contributed by atoms with Crippen molar-refractivity contribution < 1.29 is 0 Å². The molecule has 0 aliphatic heterocycles. The van der Waals surface area contributed by atoms with Crippen LogP contribution in [-0.2, 0) is 0 Å². The van der Waals surface area contributed by atoms with E-state index in [0.717, 1.165) is 12.0 Å². The number of nitrogens with two attached hydrogens (primary N) is 1. The Bertz CT molecular complexity index is 265. The van der Waals surface area contributed by atoms with Crippen molar-refractivity contribution in [2.75, 3.05) is 18.9 Å². The molecule has 1 aromatic rings. The maximum atomic E-state index is 5.35. The fourth-order valence-electron chi connectivity index (χ4n) is 0.869. The molecule has 4 heteroatoms. The topological polar surface area (TPSA) is 63.8 Å². The molecule has 3 N–H and O–H groups in total. The molecule has 0 atom stereocenters. The van der Waals surface area contributed by atoms with Crippen LogP contribution in [0.3, 0.4) is 0 Å². The summed E-state index contributed by atoms with van der Waals surface area (Å²) in [6.07, 6.45) is 8.40. The van der Waals surface area contributed by atoms with Crippen LogP contribution >= 0.6 is 0 Å². The first-order valence-electron chi connectivity index (χ1n) is 4.23. The zero-order valence-corrected chi connectivity index (χ0v) is 7.70.